The Balaban J connectivity index is 1.64. The summed E-state index contributed by atoms with van der Waals surface area (Å²) in [7, 11) is 0. The highest BCUT2D eigenvalue weighted by molar-refractivity contribution is 6.30. The molecule has 3 rings (SSSR count). The van der Waals surface area contributed by atoms with Crippen LogP contribution < -0.4 is 10.2 Å². The van der Waals surface area contributed by atoms with Crippen molar-refractivity contribution in [2.75, 3.05) is 5.43 Å². The molecule has 0 aromatic heterocycles. The summed E-state index contributed by atoms with van der Waals surface area (Å²) in [5, 5.41) is 5.02. The molecule has 3 nitrogen and oxygen atoms in total. The van der Waals surface area contributed by atoms with Gasteiger partial charge in [-0.25, -0.2) is 0 Å². The number of benzene rings is 3. The number of nitrogens with zero attached hydrogens (tertiary/aromatic N) is 1. The van der Waals surface area contributed by atoms with E-state index in [4.69, 9.17) is 16.3 Å². The minimum absolute atomic E-state index is 0.480. The maximum absolute atomic E-state index is 5.92. The van der Waals surface area contributed by atoms with Crippen molar-refractivity contribution in [3.8, 4) is 5.75 Å². The van der Waals surface area contributed by atoms with Gasteiger partial charge in [-0.15, -0.1) is 0 Å². The molecule has 126 valence electrons. The first-order valence-electron chi connectivity index (χ1n) is 8.03. The molecule has 1 N–H and O–H groups in total. The number of ether oxygens (including phenoxy) is 1. The largest absolute Gasteiger partial charge is 0.488 e. The van der Waals surface area contributed by atoms with Gasteiger partial charge in [-0.2, -0.15) is 5.10 Å². The Morgan fingerprint density at radius 1 is 0.960 bits per heavy atom. The van der Waals surface area contributed by atoms with Crippen LogP contribution in [0.3, 0.4) is 0 Å². The maximum atomic E-state index is 5.92. The van der Waals surface area contributed by atoms with Crippen molar-refractivity contribution in [2.24, 2.45) is 5.10 Å². The highest BCUT2D eigenvalue weighted by atomic mass is 35.5. The van der Waals surface area contributed by atoms with Gasteiger partial charge in [0.25, 0.3) is 0 Å². The van der Waals surface area contributed by atoms with Crippen LogP contribution in [0, 0.1) is 6.92 Å². The average Bonchev–Trinajstić information content (AvgIpc) is 2.64. The molecule has 0 bridgehead atoms. The smallest absolute Gasteiger partial charge is 0.128 e. The predicted molar refractivity (Wildman–Crippen MR) is 105 cm³/mol. The number of aryl methyl sites for hydroxylation is 1. The lowest BCUT2D eigenvalue weighted by Crippen LogP contribution is -1.99. The van der Waals surface area contributed by atoms with Crippen LogP contribution in [0.4, 0.5) is 5.69 Å². The average molecular weight is 351 g/mol. The summed E-state index contributed by atoms with van der Waals surface area (Å²) in [6, 6.07) is 23.5. The Morgan fingerprint density at radius 2 is 1.68 bits per heavy atom. The van der Waals surface area contributed by atoms with Crippen LogP contribution in [0.1, 0.15) is 16.7 Å². The predicted octanol–water partition coefficient (Wildman–Crippen LogP) is 5.67. The van der Waals surface area contributed by atoms with E-state index in [0.717, 1.165) is 27.6 Å². The Bertz CT molecular complexity index is 843. The van der Waals surface area contributed by atoms with E-state index in [0.29, 0.717) is 6.61 Å². The van der Waals surface area contributed by atoms with Crippen molar-refractivity contribution < 1.29 is 4.74 Å². The number of nitrogens with one attached hydrogen (secondary N) is 1. The van der Waals surface area contributed by atoms with Crippen molar-refractivity contribution in [1.29, 1.82) is 0 Å². The Hall–Kier alpha value is -2.78. The molecule has 3 aromatic carbocycles. The van der Waals surface area contributed by atoms with Gasteiger partial charge in [0.05, 0.1) is 11.9 Å². The fraction of sp³-hybridized carbons (Fsp3) is 0.0952. The van der Waals surface area contributed by atoms with E-state index in [1.54, 1.807) is 6.21 Å². The Kier molecular flexibility index (Phi) is 5.70. The third kappa shape index (κ3) is 5.10. The minimum Gasteiger partial charge on any atom is -0.488 e. The summed E-state index contributed by atoms with van der Waals surface area (Å²) in [5.74, 6) is 0.784. The summed E-state index contributed by atoms with van der Waals surface area (Å²) in [6.45, 7) is 2.54. The number of hydrazone groups is 1. The van der Waals surface area contributed by atoms with Crippen LogP contribution in [0.5, 0.6) is 5.75 Å². The van der Waals surface area contributed by atoms with Crippen LogP contribution in [0.2, 0.25) is 5.02 Å². The lowest BCUT2D eigenvalue weighted by atomic mass is 10.2. The molecule has 0 unspecified atom stereocenters. The van der Waals surface area contributed by atoms with Crippen LogP contribution in [-0.4, -0.2) is 6.21 Å². The molecule has 0 radical (unpaired) electrons. The molecule has 0 fully saturated rings. The van der Waals surface area contributed by atoms with E-state index in [-0.39, 0.29) is 0 Å². The van der Waals surface area contributed by atoms with Gasteiger partial charge in [0.2, 0.25) is 0 Å². The van der Waals surface area contributed by atoms with E-state index in [2.05, 4.69) is 17.5 Å². The lowest BCUT2D eigenvalue weighted by Gasteiger charge is -2.09. The number of hydrogen-bond donors (Lipinski definition) is 1. The first kappa shape index (κ1) is 17.1. The van der Waals surface area contributed by atoms with Gasteiger partial charge in [0, 0.05) is 10.6 Å². The van der Waals surface area contributed by atoms with E-state index < -0.39 is 0 Å². The SMILES string of the molecule is Cc1ccc(NN=Cc2ccccc2OCc2ccc(Cl)cc2)cc1. The number of anilines is 1. The molecule has 0 aliphatic rings. The highest BCUT2D eigenvalue weighted by Crippen LogP contribution is 2.19. The zero-order chi connectivity index (χ0) is 17.5. The molecule has 0 atom stereocenters. The molecule has 3 aromatic rings. The second-order valence-electron chi connectivity index (χ2n) is 5.69. The zero-order valence-corrected chi connectivity index (χ0v) is 14.7. The zero-order valence-electron chi connectivity index (χ0n) is 13.9. The molecule has 0 heterocycles. The minimum atomic E-state index is 0.480. The van der Waals surface area contributed by atoms with Crippen molar-refractivity contribution in [2.45, 2.75) is 13.5 Å². The van der Waals surface area contributed by atoms with Crippen molar-refractivity contribution >= 4 is 23.5 Å². The lowest BCUT2D eigenvalue weighted by molar-refractivity contribution is 0.306. The standard InChI is InChI=1S/C21H19ClN2O/c1-16-6-12-20(13-7-16)24-23-14-18-4-2-3-5-21(18)25-15-17-8-10-19(22)11-9-17/h2-14,24H,15H2,1H3. The third-order valence-corrected chi connectivity index (χ3v) is 3.93. The van der Waals surface area contributed by atoms with Crippen molar-refractivity contribution in [3.05, 3.63) is 94.5 Å². The molecule has 0 saturated carbocycles. The number of halogens is 1. The van der Waals surface area contributed by atoms with E-state index in [9.17, 15) is 0 Å². The highest BCUT2D eigenvalue weighted by Gasteiger charge is 2.01. The van der Waals surface area contributed by atoms with E-state index in [1.807, 2.05) is 72.8 Å². The fourth-order valence-corrected chi connectivity index (χ4v) is 2.39. The van der Waals surface area contributed by atoms with Crippen LogP contribution >= 0.6 is 11.6 Å². The summed E-state index contributed by atoms with van der Waals surface area (Å²) in [5.41, 5.74) is 7.17. The number of para-hydroxylation sites is 1. The molecule has 0 aliphatic heterocycles. The topological polar surface area (TPSA) is 33.6 Å². The molecular formula is C21H19ClN2O. The van der Waals surface area contributed by atoms with Gasteiger partial charge in [0.15, 0.2) is 0 Å². The van der Waals surface area contributed by atoms with Crippen molar-refractivity contribution in [3.63, 3.8) is 0 Å². The Morgan fingerprint density at radius 3 is 2.44 bits per heavy atom. The van der Waals surface area contributed by atoms with Gasteiger partial charge in [-0.3, -0.25) is 5.43 Å². The first-order valence-corrected chi connectivity index (χ1v) is 8.40. The first-order chi connectivity index (χ1) is 12.2. The maximum Gasteiger partial charge on any atom is 0.128 e. The normalized spacial score (nSPS) is 10.8. The Labute approximate surface area is 152 Å². The van der Waals surface area contributed by atoms with Crippen LogP contribution in [-0.2, 0) is 6.61 Å². The molecule has 25 heavy (non-hydrogen) atoms. The monoisotopic (exact) mass is 350 g/mol. The third-order valence-electron chi connectivity index (χ3n) is 3.68. The number of hydrogen-bond acceptors (Lipinski definition) is 3. The second-order valence-corrected chi connectivity index (χ2v) is 6.13. The van der Waals surface area contributed by atoms with Gasteiger partial charge in [-0.1, -0.05) is 53.6 Å². The molecule has 0 saturated heterocycles. The fourth-order valence-electron chi connectivity index (χ4n) is 2.26. The summed E-state index contributed by atoms with van der Waals surface area (Å²) in [6.07, 6.45) is 1.76. The van der Waals surface area contributed by atoms with Crippen molar-refractivity contribution in [1.82, 2.24) is 0 Å². The van der Waals surface area contributed by atoms with E-state index in [1.165, 1.54) is 5.56 Å². The van der Waals surface area contributed by atoms with Gasteiger partial charge < -0.3 is 4.74 Å². The molecule has 0 aliphatic carbocycles. The molecular weight excluding hydrogens is 332 g/mol. The van der Waals surface area contributed by atoms with Gasteiger partial charge in [-0.05, 0) is 48.9 Å². The van der Waals surface area contributed by atoms with Crippen LogP contribution in [0.25, 0.3) is 0 Å². The summed E-state index contributed by atoms with van der Waals surface area (Å²) < 4.78 is 5.92. The van der Waals surface area contributed by atoms with Crippen LogP contribution in [0.15, 0.2) is 77.9 Å². The van der Waals surface area contributed by atoms with Gasteiger partial charge >= 0.3 is 0 Å². The summed E-state index contributed by atoms with van der Waals surface area (Å²) >= 11 is 5.91. The molecule has 0 amide bonds. The van der Waals surface area contributed by atoms with E-state index >= 15 is 0 Å². The molecule has 4 heteroatoms. The molecule has 0 spiro atoms. The second kappa shape index (κ2) is 8.36. The van der Waals surface area contributed by atoms with Gasteiger partial charge in [0.1, 0.15) is 12.4 Å². The quantitative estimate of drug-likeness (QED) is 0.458. The summed E-state index contributed by atoms with van der Waals surface area (Å²) in [4.78, 5) is 0. The number of rotatable bonds is 6.